The summed E-state index contributed by atoms with van der Waals surface area (Å²) >= 11 is 1.07. The number of nitrogens with zero attached hydrogens (tertiary/aromatic N) is 1. The van der Waals surface area contributed by atoms with Gasteiger partial charge in [0.1, 0.15) is 6.61 Å². The van der Waals surface area contributed by atoms with Crippen molar-refractivity contribution in [1.82, 2.24) is 0 Å². The highest BCUT2D eigenvalue weighted by Crippen LogP contribution is 2.12. The number of oxime groups is 1. The summed E-state index contributed by atoms with van der Waals surface area (Å²) < 4.78 is 30.2. The molecule has 14 heavy (non-hydrogen) atoms. The van der Waals surface area contributed by atoms with Crippen LogP contribution in [0.4, 0.5) is 0 Å². The molecule has 0 radical (unpaired) electrons. The zero-order valence-electron chi connectivity index (χ0n) is 7.00. The Hall–Kier alpha value is -1.02. The molecule has 0 amide bonds. The van der Waals surface area contributed by atoms with Crippen molar-refractivity contribution in [1.29, 1.82) is 0 Å². The van der Waals surface area contributed by atoms with Gasteiger partial charge in [0, 0.05) is 5.75 Å². The highest BCUT2D eigenvalue weighted by Gasteiger charge is 2.20. The summed E-state index contributed by atoms with van der Waals surface area (Å²) in [5.74, 6) is -0.150. The number of hydrogen-bond acceptors (Lipinski definition) is 7. The number of rotatable bonds is 3. The Balaban J connectivity index is 2.68. The van der Waals surface area contributed by atoms with Gasteiger partial charge >= 0.3 is 16.1 Å². The topological polar surface area (TPSA) is 82.0 Å². The SMILES string of the molecule is C=CS(=O)(=O)O/N=C1\SCCOC1=O. The van der Waals surface area contributed by atoms with Gasteiger partial charge in [-0.05, 0) is 0 Å². The lowest BCUT2D eigenvalue weighted by molar-refractivity contribution is -0.135. The molecule has 0 saturated carbocycles. The molecule has 0 aliphatic carbocycles. The standard InChI is InChI=1S/C6H7NO5S2/c1-2-14(9,10)12-7-5-6(8)11-3-4-13-5/h2H,1,3-4H2/b7-5-. The molecule has 1 aliphatic rings. The molecule has 0 spiro atoms. The summed E-state index contributed by atoms with van der Waals surface area (Å²) in [4.78, 5) is 10.9. The summed E-state index contributed by atoms with van der Waals surface area (Å²) in [6.07, 6.45) is 0. The molecule has 8 heteroatoms. The molecule has 6 nitrogen and oxygen atoms in total. The second-order valence-electron chi connectivity index (χ2n) is 2.11. The zero-order chi connectivity index (χ0) is 10.6. The van der Waals surface area contributed by atoms with Crippen LogP contribution in [0.5, 0.6) is 0 Å². The normalized spacial score (nSPS) is 20.3. The van der Waals surface area contributed by atoms with Crippen LogP contribution in [0.25, 0.3) is 0 Å². The van der Waals surface area contributed by atoms with Gasteiger partial charge in [0.05, 0.1) is 5.41 Å². The quantitative estimate of drug-likeness (QED) is 0.510. The smallest absolute Gasteiger partial charge is 0.367 e. The molecule has 1 heterocycles. The number of ether oxygens (including phenoxy) is 1. The Kier molecular flexibility index (Phi) is 3.53. The van der Waals surface area contributed by atoms with E-state index in [-0.39, 0.29) is 11.7 Å². The van der Waals surface area contributed by atoms with E-state index in [0.717, 1.165) is 11.8 Å². The maximum atomic E-state index is 10.9. The molecule has 0 bridgehead atoms. The van der Waals surface area contributed by atoms with E-state index in [1.165, 1.54) is 0 Å². The summed E-state index contributed by atoms with van der Waals surface area (Å²) in [6.45, 7) is 3.30. The third-order valence-electron chi connectivity index (χ3n) is 1.16. The van der Waals surface area contributed by atoms with Crippen molar-refractivity contribution in [3.05, 3.63) is 12.0 Å². The van der Waals surface area contributed by atoms with Gasteiger partial charge in [-0.1, -0.05) is 23.5 Å². The summed E-state index contributed by atoms with van der Waals surface area (Å²) in [5, 5.41) is 3.64. The van der Waals surface area contributed by atoms with E-state index in [0.29, 0.717) is 11.2 Å². The molecular weight excluding hydrogens is 230 g/mol. The number of esters is 1. The molecule has 0 N–H and O–H groups in total. The lowest BCUT2D eigenvalue weighted by Gasteiger charge is -2.10. The lowest BCUT2D eigenvalue weighted by atomic mass is 10.7. The van der Waals surface area contributed by atoms with E-state index in [1.807, 2.05) is 0 Å². The highest BCUT2D eigenvalue weighted by atomic mass is 32.2. The predicted octanol–water partition coefficient (Wildman–Crippen LogP) is 0.0798. The highest BCUT2D eigenvalue weighted by molar-refractivity contribution is 8.15. The van der Waals surface area contributed by atoms with Crippen LogP contribution in [-0.2, 0) is 23.9 Å². The molecule has 0 aromatic rings. The Morgan fingerprint density at radius 1 is 1.64 bits per heavy atom. The molecule has 0 atom stereocenters. The maximum absolute atomic E-state index is 10.9. The van der Waals surface area contributed by atoms with E-state index in [9.17, 15) is 13.2 Å². The van der Waals surface area contributed by atoms with Gasteiger partial charge in [-0.15, -0.1) is 0 Å². The number of thioether (sulfide) groups is 1. The minimum Gasteiger partial charge on any atom is -0.460 e. The summed E-state index contributed by atoms with van der Waals surface area (Å²) in [5.41, 5.74) is 0. The minimum absolute atomic E-state index is 0.110. The van der Waals surface area contributed by atoms with Crippen molar-refractivity contribution in [3.63, 3.8) is 0 Å². The van der Waals surface area contributed by atoms with Gasteiger partial charge in [-0.25, -0.2) is 4.79 Å². The first-order valence-electron chi connectivity index (χ1n) is 3.49. The van der Waals surface area contributed by atoms with Crippen molar-refractivity contribution in [3.8, 4) is 0 Å². The van der Waals surface area contributed by atoms with Crippen molar-refractivity contribution >= 4 is 32.9 Å². The van der Waals surface area contributed by atoms with Gasteiger partial charge < -0.3 is 4.74 Å². The van der Waals surface area contributed by atoms with E-state index < -0.39 is 16.1 Å². The van der Waals surface area contributed by atoms with Crippen LogP contribution in [0, 0.1) is 0 Å². The Morgan fingerprint density at radius 3 is 2.93 bits per heavy atom. The molecule has 0 aromatic heterocycles. The second-order valence-corrected chi connectivity index (χ2v) is 4.67. The molecule has 1 fully saturated rings. The number of carbonyl (C=O) groups excluding carboxylic acids is 1. The van der Waals surface area contributed by atoms with Crippen LogP contribution >= 0.6 is 11.8 Å². The van der Waals surface area contributed by atoms with E-state index in [1.54, 1.807) is 0 Å². The monoisotopic (exact) mass is 237 g/mol. The van der Waals surface area contributed by atoms with Gasteiger partial charge in [-0.3, -0.25) is 4.28 Å². The van der Waals surface area contributed by atoms with Crippen LogP contribution < -0.4 is 0 Å². The van der Waals surface area contributed by atoms with E-state index in [2.05, 4.69) is 20.8 Å². The average Bonchev–Trinajstić information content (AvgIpc) is 2.17. The third kappa shape index (κ3) is 3.04. The molecular formula is C6H7NO5S2. The first-order chi connectivity index (χ1) is 6.55. The fraction of sp³-hybridized carbons (Fsp3) is 0.333. The molecule has 78 valence electrons. The maximum Gasteiger partial charge on any atom is 0.367 e. The molecule has 1 rings (SSSR count). The predicted molar refractivity (Wildman–Crippen MR) is 51.1 cm³/mol. The number of carbonyl (C=O) groups is 1. The van der Waals surface area contributed by atoms with Crippen molar-refractivity contribution < 1.29 is 22.2 Å². The van der Waals surface area contributed by atoms with Crippen LogP contribution in [0.3, 0.4) is 0 Å². The van der Waals surface area contributed by atoms with Crippen LogP contribution in [-0.4, -0.2) is 31.8 Å². The summed E-state index contributed by atoms with van der Waals surface area (Å²) in [6, 6.07) is 0. The number of cyclic esters (lactones) is 1. The third-order valence-corrected chi connectivity index (χ3v) is 2.73. The minimum atomic E-state index is -3.89. The van der Waals surface area contributed by atoms with Crippen molar-refractivity contribution in [2.24, 2.45) is 5.16 Å². The van der Waals surface area contributed by atoms with Gasteiger partial charge in [0.2, 0.25) is 5.04 Å². The first-order valence-corrected chi connectivity index (χ1v) is 5.95. The molecule has 1 saturated heterocycles. The van der Waals surface area contributed by atoms with E-state index in [4.69, 9.17) is 0 Å². The fourth-order valence-electron chi connectivity index (χ4n) is 0.573. The van der Waals surface area contributed by atoms with Crippen LogP contribution in [0.2, 0.25) is 0 Å². The fourth-order valence-corrected chi connectivity index (χ4v) is 1.49. The van der Waals surface area contributed by atoms with Gasteiger partial charge in [-0.2, -0.15) is 8.42 Å². The molecule has 0 aromatic carbocycles. The van der Waals surface area contributed by atoms with Crippen molar-refractivity contribution in [2.45, 2.75) is 0 Å². The Morgan fingerprint density at radius 2 is 2.36 bits per heavy atom. The van der Waals surface area contributed by atoms with Crippen molar-refractivity contribution in [2.75, 3.05) is 12.4 Å². The van der Waals surface area contributed by atoms with E-state index >= 15 is 0 Å². The number of hydrogen-bond donors (Lipinski definition) is 0. The van der Waals surface area contributed by atoms with Gasteiger partial charge in [0.25, 0.3) is 0 Å². The van der Waals surface area contributed by atoms with Crippen LogP contribution in [0.15, 0.2) is 17.1 Å². The largest absolute Gasteiger partial charge is 0.460 e. The second kappa shape index (κ2) is 4.47. The molecule has 0 unspecified atom stereocenters. The zero-order valence-corrected chi connectivity index (χ0v) is 8.64. The average molecular weight is 237 g/mol. The Bertz CT molecular complexity index is 372. The summed E-state index contributed by atoms with van der Waals surface area (Å²) in [7, 11) is -3.89. The first kappa shape index (κ1) is 11.1. The molecule has 1 aliphatic heterocycles. The lowest BCUT2D eigenvalue weighted by Crippen LogP contribution is -2.23. The Labute approximate surface area is 85.1 Å². The van der Waals surface area contributed by atoms with Gasteiger partial charge in [0.15, 0.2) is 0 Å². The van der Waals surface area contributed by atoms with Crippen LogP contribution in [0.1, 0.15) is 0 Å².